The molecule has 0 bridgehead atoms. The Balaban J connectivity index is 1.79. The number of benzene rings is 1. The summed E-state index contributed by atoms with van der Waals surface area (Å²) in [5.74, 6) is -0.0926. The zero-order valence-corrected chi connectivity index (χ0v) is 21.0. The Morgan fingerprint density at radius 3 is 2.58 bits per heavy atom. The molecule has 2 aliphatic rings. The molecule has 176 valence electrons. The molecule has 0 N–H and O–H groups in total. The van der Waals surface area contributed by atoms with E-state index in [1.165, 1.54) is 11.8 Å². The molecule has 0 aliphatic carbocycles. The first-order valence-electron chi connectivity index (χ1n) is 11.8. The Morgan fingerprint density at radius 1 is 1.09 bits per heavy atom. The number of fused-ring (bicyclic) bond motifs is 1. The van der Waals surface area contributed by atoms with Gasteiger partial charge in [-0.05, 0) is 25.5 Å². The molecule has 33 heavy (non-hydrogen) atoms. The maximum absolute atomic E-state index is 13.7. The van der Waals surface area contributed by atoms with Gasteiger partial charge < -0.3 is 14.2 Å². The summed E-state index contributed by atoms with van der Waals surface area (Å²) in [5.41, 5.74) is 2.28. The van der Waals surface area contributed by atoms with Crippen LogP contribution in [0.4, 0.5) is 5.69 Å². The number of amides is 1. The van der Waals surface area contributed by atoms with Crippen LogP contribution in [0.25, 0.3) is 17.0 Å². The normalized spacial score (nSPS) is 18.2. The summed E-state index contributed by atoms with van der Waals surface area (Å²) in [6.07, 6.45) is 6.09. The fourth-order valence-electron chi connectivity index (χ4n) is 4.50. The van der Waals surface area contributed by atoms with Gasteiger partial charge in [-0.3, -0.25) is 14.5 Å². The molecule has 0 spiro atoms. The molecule has 0 unspecified atom stereocenters. The lowest BCUT2D eigenvalue weighted by Crippen LogP contribution is -2.38. The summed E-state index contributed by atoms with van der Waals surface area (Å²) in [7, 11) is 0. The Labute approximate surface area is 204 Å². The number of carbonyl (C=O) groups is 1. The quantitative estimate of drug-likeness (QED) is 0.309. The summed E-state index contributed by atoms with van der Waals surface area (Å²) in [4.78, 5) is 31.3. The molecule has 2 fully saturated rings. The molecule has 4 rings (SSSR count). The Hall–Kier alpha value is -2.16. The molecule has 1 aromatic heterocycles. The average molecular weight is 486 g/mol. The first-order chi connectivity index (χ1) is 16.1. The van der Waals surface area contributed by atoms with Gasteiger partial charge in [-0.25, -0.2) is 0 Å². The molecule has 0 atom stereocenters. The number of anilines is 1. The Morgan fingerprint density at radius 2 is 1.85 bits per heavy atom. The largest absolute Gasteiger partial charge is 0.378 e. The van der Waals surface area contributed by atoms with E-state index in [2.05, 4.69) is 17.9 Å². The topological polar surface area (TPSA) is 54.8 Å². The molecule has 1 aromatic carbocycles. The molecule has 1 amide bonds. The molecule has 0 radical (unpaired) electrons. The highest BCUT2D eigenvalue weighted by Crippen LogP contribution is 2.36. The van der Waals surface area contributed by atoms with E-state index in [-0.39, 0.29) is 11.5 Å². The fourth-order valence-corrected chi connectivity index (χ4v) is 5.79. The van der Waals surface area contributed by atoms with E-state index in [0.29, 0.717) is 54.2 Å². The summed E-state index contributed by atoms with van der Waals surface area (Å²) in [6.45, 7) is 7.98. The van der Waals surface area contributed by atoms with Crippen LogP contribution in [-0.2, 0) is 16.1 Å². The van der Waals surface area contributed by atoms with Crippen molar-refractivity contribution in [1.82, 2.24) is 9.47 Å². The van der Waals surface area contributed by atoms with Crippen molar-refractivity contribution in [1.29, 1.82) is 0 Å². The van der Waals surface area contributed by atoms with Crippen molar-refractivity contribution in [2.75, 3.05) is 37.7 Å². The van der Waals surface area contributed by atoms with Gasteiger partial charge in [-0.2, -0.15) is 0 Å². The van der Waals surface area contributed by atoms with Crippen LogP contribution in [0, 0.1) is 0 Å². The van der Waals surface area contributed by atoms with E-state index in [1.54, 1.807) is 15.5 Å². The number of morpholine rings is 1. The van der Waals surface area contributed by atoms with Gasteiger partial charge in [0.1, 0.15) is 4.32 Å². The third-order valence-corrected chi connectivity index (χ3v) is 7.59. The number of ether oxygens (including phenoxy) is 1. The molecular formula is C25H31N3O3S2. The number of para-hydroxylation sites is 1. The minimum Gasteiger partial charge on any atom is -0.378 e. The van der Waals surface area contributed by atoms with E-state index in [4.69, 9.17) is 17.0 Å². The minimum absolute atomic E-state index is 0.0779. The summed E-state index contributed by atoms with van der Waals surface area (Å²) >= 11 is 6.82. The molecule has 3 heterocycles. The zero-order chi connectivity index (χ0) is 23.4. The van der Waals surface area contributed by atoms with E-state index in [1.807, 2.05) is 25.1 Å². The number of hydrogen-bond donors (Lipinski definition) is 0. The van der Waals surface area contributed by atoms with Gasteiger partial charge in [0.15, 0.2) is 0 Å². The van der Waals surface area contributed by atoms with Crippen LogP contribution in [0.3, 0.4) is 0 Å². The first-order valence-corrected chi connectivity index (χ1v) is 13.0. The second-order valence-corrected chi connectivity index (χ2v) is 10.00. The van der Waals surface area contributed by atoms with E-state index >= 15 is 0 Å². The third kappa shape index (κ3) is 4.88. The predicted octanol–water partition coefficient (Wildman–Crippen LogP) is 4.64. The standard InChI is InChI=1S/C25H31N3O3S2/c1-3-5-6-9-12-28-24(30)21(33-25(28)32)17-19-22(26-13-15-31-16-14-26)18-10-7-8-11-20(18)27(4-2)23(19)29/h7-8,10-11,17H,3-6,9,12-16H2,1-2H3. The highest BCUT2D eigenvalue weighted by molar-refractivity contribution is 8.26. The van der Waals surface area contributed by atoms with Crippen LogP contribution >= 0.6 is 24.0 Å². The molecule has 0 saturated carbocycles. The van der Waals surface area contributed by atoms with Crippen molar-refractivity contribution >= 4 is 56.9 Å². The Kier molecular flexibility index (Phi) is 7.88. The first kappa shape index (κ1) is 24.0. The Bertz CT molecular complexity index is 1140. The lowest BCUT2D eigenvalue weighted by Gasteiger charge is -2.31. The van der Waals surface area contributed by atoms with Gasteiger partial charge in [0, 0.05) is 31.6 Å². The van der Waals surface area contributed by atoms with Crippen molar-refractivity contribution in [2.45, 2.75) is 46.1 Å². The molecular weight excluding hydrogens is 454 g/mol. The maximum Gasteiger partial charge on any atom is 0.266 e. The predicted molar refractivity (Wildman–Crippen MR) is 141 cm³/mol. The van der Waals surface area contributed by atoms with Gasteiger partial charge in [0.2, 0.25) is 0 Å². The van der Waals surface area contributed by atoms with Crippen molar-refractivity contribution in [2.24, 2.45) is 0 Å². The molecule has 6 nitrogen and oxygen atoms in total. The molecule has 8 heteroatoms. The van der Waals surface area contributed by atoms with Crippen LogP contribution in [-0.4, -0.2) is 52.5 Å². The number of nitrogens with zero attached hydrogens (tertiary/aromatic N) is 3. The van der Waals surface area contributed by atoms with Crippen LogP contribution in [0.5, 0.6) is 0 Å². The summed E-state index contributed by atoms with van der Waals surface area (Å²) in [6, 6.07) is 8.00. The fraction of sp³-hybridized carbons (Fsp3) is 0.480. The van der Waals surface area contributed by atoms with Crippen molar-refractivity contribution in [3.05, 3.63) is 45.1 Å². The highest BCUT2D eigenvalue weighted by atomic mass is 32.2. The number of carbonyl (C=O) groups excluding carboxylic acids is 1. The van der Waals surface area contributed by atoms with Crippen LogP contribution in [0.2, 0.25) is 0 Å². The van der Waals surface area contributed by atoms with Gasteiger partial charge >= 0.3 is 0 Å². The number of unbranched alkanes of at least 4 members (excludes halogenated alkanes) is 3. The minimum atomic E-state index is -0.0926. The van der Waals surface area contributed by atoms with Crippen molar-refractivity contribution in [3.8, 4) is 0 Å². The van der Waals surface area contributed by atoms with Gasteiger partial charge in [0.05, 0.1) is 34.9 Å². The van der Waals surface area contributed by atoms with Gasteiger partial charge in [0.25, 0.3) is 11.5 Å². The van der Waals surface area contributed by atoms with E-state index in [0.717, 1.165) is 42.3 Å². The van der Waals surface area contributed by atoms with Crippen molar-refractivity contribution in [3.63, 3.8) is 0 Å². The second-order valence-electron chi connectivity index (χ2n) is 8.32. The number of thioether (sulfide) groups is 1. The summed E-state index contributed by atoms with van der Waals surface area (Å²) < 4.78 is 7.92. The molecule has 2 saturated heterocycles. The van der Waals surface area contributed by atoms with E-state index < -0.39 is 0 Å². The monoisotopic (exact) mass is 485 g/mol. The van der Waals surface area contributed by atoms with Gasteiger partial charge in [-0.15, -0.1) is 0 Å². The van der Waals surface area contributed by atoms with Crippen LogP contribution in [0.15, 0.2) is 34.0 Å². The van der Waals surface area contributed by atoms with Gasteiger partial charge in [-0.1, -0.05) is 68.4 Å². The number of thiocarbonyl (C=S) groups is 1. The number of pyridine rings is 1. The van der Waals surface area contributed by atoms with Crippen LogP contribution < -0.4 is 10.5 Å². The lowest BCUT2D eigenvalue weighted by atomic mass is 10.1. The van der Waals surface area contributed by atoms with E-state index in [9.17, 15) is 9.59 Å². The molecule has 2 aromatic rings. The SMILES string of the molecule is CCCCCCN1C(=O)C(=Cc2c(N3CCOCC3)c3ccccc3n(CC)c2=O)SC1=S. The van der Waals surface area contributed by atoms with Crippen LogP contribution in [0.1, 0.15) is 45.1 Å². The molecule has 2 aliphatic heterocycles. The number of rotatable bonds is 8. The maximum atomic E-state index is 13.7. The average Bonchev–Trinajstić information content (AvgIpc) is 3.10. The summed E-state index contributed by atoms with van der Waals surface area (Å²) in [5, 5.41) is 1.02. The smallest absolute Gasteiger partial charge is 0.266 e. The lowest BCUT2D eigenvalue weighted by molar-refractivity contribution is -0.122. The zero-order valence-electron chi connectivity index (χ0n) is 19.3. The third-order valence-electron chi connectivity index (χ3n) is 6.21. The highest BCUT2D eigenvalue weighted by Gasteiger charge is 2.32. The second kappa shape index (κ2) is 10.8. The number of aryl methyl sites for hydroxylation is 1. The number of aromatic nitrogens is 1. The van der Waals surface area contributed by atoms with Crippen molar-refractivity contribution < 1.29 is 9.53 Å². The number of hydrogen-bond acceptors (Lipinski definition) is 6.